The minimum absolute atomic E-state index is 0.0548. The van der Waals surface area contributed by atoms with Crippen LogP contribution in [0.1, 0.15) is 31.4 Å². The topological polar surface area (TPSA) is 45.5 Å². The second-order valence-corrected chi connectivity index (χ2v) is 6.34. The number of likely N-dealkylation sites (tertiary alicyclic amines) is 1. The van der Waals surface area contributed by atoms with Crippen molar-refractivity contribution in [1.82, 2.24) is 10.2 Å². The van der Waals surface area contributed by atoms with Gasteiger partial charge in [-0.05, 0) is 62.8 Å². The molecule has 3 rings (SSSR count). The second kappa shape index (κ2) is 7.62. The van der Waals surface area contributed by atoms with E-state index in [0.29, 0.717) is 18.1 Å². The van der Waals surface area contributed by atoms with E-state index in [1.807, 2.05) is 19.2 Å². The Balaban J connectivity index is 1.58. The average molecular weight is 330 g/mol. The predicted molar refractivity (Wildman–Crippen MR) is 90.8 cm³/mol. The molecule has 24 heavy (non-hydrogen) atoms. The summed E-state index contributed by atoms with van der Waals surface area (Å²) in [5, 5.41) is 2.97. The van der Waals surface area contributed by atoms with E-state index in [2.05, 4.69) is 10.2 Å². The quantitative estimate of drug-likeness (QED) is 0.932. The number of hydrogen-bond acceptors (Lipinski definition) is 3. The fourth-order valence-electron chi connectivity index (χ4n) is 3.12. The van der Waals surface area contributed by atoms with Crippen molar-refractivity contribution in [3.8, 4) is 11.3 Å². The smallest absolute Gasteiger partial charge is 0.237 e. The largest absolute Gasteiger partial charge is 0.459 e. The molecule has 1 aromatic heterocycles. The molecule has 2 heterocycles. The van der Waals surface area contributed by atoms with Gasteiger partial charge in [-0.15, -0.1) is 0 Å². The standard InChI is InChI=1S/C19H23FN2O2/c1-22-12-4-2-3-5-17(22)19(23)21-13-16-10-11-18(24-16)14-6-8-15(20)9-7-14/h6-11,17H,2-5,12-13H2,1H3,(H,21,23)/t17-/m0/s1. The van der Waals surface area contributed by atoms with Crippen molar-refractivity contribution < 1.29 is 13.6 Å². The Morgan fingerprint density at radius 1 is 1.21 bits per heavy atom. The third-order valence-electron chi connectivity index (χ3n) is 4.55. The average Bonchev–Trinajstić information content (AvgIpc) is 2.95. The maximum Gasteiger partial charge on any atom is 0.237 e. The number of rotatable bonds is 4. The summed E-state index contributed by atoms with van der Waals surface area (Å²) in [6.45, 7) is 1.33. The lowest BCUT2D eigenvalue weighted by Crippen LogP contribution is -2.44. The summed E-state index contributed by atoms with van der Waals surface area (Å²) < 4.78 is 18.7. The lowest BCUT2D eigenvalue weighted by atomic mass is 10.1. The molecule has 1 aromatic carbocycles. The molecule has 1 amide bonds. The summed E-state index contributed by atoms with van der Waals surface area (Å²) in [5.74, 6) is 1.15. The van der Waals surface area contributed by atoms with Crippen molar-refractivity contribution in [2.24, 2.45) is 0 Å². The van der Waals surface area contributed by atoms with Crippen LogP contribution in [-0.4, -0.2) is 30.4 Å². The highest BCUT2D eigenvalue weighted by molar-refractivity contribution is 5.81. The van der Waals surface area contributed by atoms with Crippen LogP contribution in [0, 0.1) is 5.82 Å². The molecular formula is C19H23FN2O2. The number of nitrogens with one attached hydrogen (secondary N) is 1. The van der Waals surface area contributed by atoms with E-state index in [-0.39, 0.29) is 17.8 Å². The van der Waals surface area contributed by atoms with Crippen molar-refractivity contribution in [3.05, 3.63) is 48.0 Å². The van der Waals surface area contributed by atoms with Crippen LogP contribution in [0.5, 0.6) is 0 Å². The van der Waals surface area contributed by atoms with E-state index in [4.69, 9.17) is 4.42 Å². The molecule has 2 aromatic rings. The van der Waals surface area contributed by atoms with E-state index in [1.54, 1.807) is 12.1 Å². The molecule has 1 aliphatic heterocycles. The fraction of sp³-hybridized carbons (Fsp3) is 0.421. The van der Waals surface area contributed by atoms with E-state index < -0.39 is 0 Å². The van der Waals surface area contributed by atoms with Crippen LogP contribution in [0.2, 0.25) is 0 Å². The van der Waals surface area contributed by atoms with Gasteiger partial charge >= 0.3 is 0 Å². The molecule has 0 aliphatic carbocycles. The number of likely N-dealkylation sites (N-methyl/N-ethyl adjacent to an activating group) is 1. The van der Waals surface area contributed by atoms with Crippen molar-refractivity contribution in [2.45, 2.75) is 38.3 Å². The molecule has 0 bridgehead atoms. The van der Waals surface area contributed by atoms with E-state index in [0.717, 1.165) is 31.4 Å². The minimum Gasteiger partial charge on any atom is -0.459 e. The minimum atomic E-state index is -0.273. The lowest BCUT2D eigenvalue weighted by Gasteiger charge is -2.24. The first kappa shape index (κ1) is 16.7. The molecule has 1 N–H and O–H groups in total. The van der Waals surface area contributed by atoms with Crippen LogP contribution in [-0.2, 0) is 11.3 Å². The molecule has 0 radical (unpaired) electrons. The Morgan fingerprint density at radius 3 is 2.79 bits per heavy atom. The molecular weight excluding hydrogens is 307 g/mol. The van der Waals surface area contributed by atoms with Gasteiger partial charge in [-0.2, -0.15) is 0 Å². The van der Waals surface area contributed by atoms with E-state index in [1.165, 1.54) is 18.6 Å². The van der Waals surface area contributed by atoms with Gasteiger partial charge in [0.2, 0.25) is 5.91 Å². The first-order valence-corrected chi connectivity index (χ1v) is 8.46. The maximum absolute atomic E-state index is 13.0. The van der Waals surface area contributed by atoms with Gasteiger partial charge in [0.05, 0.1) is 12.6 Å². The Bertz CT molecular complexity index is 681. The number of hydrogen-bond donors (Lipinski definition) is 1. The summed E-state index contributed by atoms with van der Waals surface area (Å²) in [7, 11) is 2.01. The number of benzene rings is 1. The molecule has 1 saturated heterocycles. The SMILES string of the molecule is CN1CCCCC[C@H]1C(=O)NCc1ccc(-c2ccc(F)cc2)o1. The van der Waals surface area contributed by atoms with Crippen molar-refractivity contribution >= 4 is 5.91 Å². The van der Waals surface area contributed by atoms with Crippen molar-refractivity contribution in [2.75, 3.05) is 13.6 Å². The highest BCUT2D eigenvalue weighted by Crippen LogP contribution is 2.22. The Kier molecular flexibility index (Phi) is 5.30. The van der Waals surface area contributed by atoms with Gasteiger partial charge in [0.25, 0.3) is 0 Å². The number of furan rings is 1. The van der Waals surface area contributed by atoms with Gasteiger partial charge in [-0.3, -0.25) is 9.69 Å². The van der Waals surface area contributed by atoms with Gasteiger partial charge in [0.1, 0.15) is 17.3 Å². The lowest BCUT2D eigenvalue weighted by molar-refractivity contribution is -0.126. The molecule has 128 valence electrons. The molecule has 0 spiro atoms. The van der Waals surface area contributed by atoms with Gasteiger partial charge in [0, 0.05) is 5.56 Å². The first-order valence-electron chi connectivity index (χ1n) is 8.46. The number of carbonyl (C=O) groups is 1. The van der Waals surface area contributed by atoms with Crippen LogP contribution >= 0.6 is 0 Å². The number of nitrogens with zero attached hydrogens (tertiary/aromatic N) is 1. The van der Waals surface area contributed by atoms with E-state index >= 15 is 0 Å². The van der Waals surface area contributed by atoms with Gasteiger partial charge < -0.3 is 9.73 Å². The zero-order chi connectivity index (χ0) is 16.9. The van der Waals surface area contributed by atoms with Crippen molar-refractivity contribution in [3.63, 3.8) is 0 Å². The third-order valence-corrected chi connectivity index (χ3v) is 4.55. The maximum atomic E-state index is 13.0. The normalized spacial score (nSPS) is 19.0. The highest BCUT2D eigenvalue weighted by Gasteiger charge is 2.24. The monoisotopic (exact) mass is 330 g/mol. The van der Waals surface area contributed by atoms with Crippen molar-refractivity contribution in [1.29, 1.82) is 0 Å². The van der Waals surface area contributed by atoms with Crippen LogP contribution in [0.25, 0.3) is 11.3 Å². The highest BCUT2D eigenvalue weighted by atomic mass is 19.1. The summed E-state index contributed by atoms with van der Waals surface area (Å²) in [6, 6.07) is 9.79. The molecule has 1 fully saturated rings. The van der Waals surface area contributed by atoms with Gasteiger partial charge in [-0.1, -0.05) is 12.8 Å². The van der Waals surface area contributed by atoms with Crippen LogP contribution in [0.3, 0.4) is 0 Å². The molecule has 1 aliphatic rings. The fourth-order valence-corrected chi connectivity index (χ4v) is 3.12. The van der Waals surface area contributed by atoms with Gasteiger partial charge in [0.15, 0.2) is 0 Å². The summed E-state index contributed by atoms with van der Waals surface area (Å²) in [5.41, 5.74) is 0.817. The summed E-state index contributed by atoms with van der Waals surface area (Å²) in [6.07, 6.45) is 4.34. The predicted octanol–water partition coefficient (Wildman–Crippen LogP) is 3.58. The second-order valence-electron chi connectivity index (χ2n) is 6.34. The molecule has 1 atom stereocenters. The molecule has 0 saturated carbocycles. The Hall–Kier alpha value is -2.14. The third kappa shape index (κ3) is 4.03. The zero-order valence-corrected chi connectivity index (χ0v) is 13.9. The summed E-state index contributed by atoms with van der Waals surface area (Å²) in [4.78, 5) is 14.5. The Morgan fingerprint density at radius 2 is 2.00 bits per heavy atom. The number of halogens is 1. The molecule has 5 heteroatoms. The molecule has 4 nitrogen and oxygen atoms in total. The number of amides is 1. The zero-order valence-electron chi connectivity index (χ0n) is 13.9. The van der Waals surface area contributed by atoms with Gasteiger partial charge in [-0.25, -0.2) is 4.39 Å². The van der Waals surface area contributed by atoms with Crippen LogP contribution in [0.4, 0.5) is 4.39 Å². The van der Waals surface area contributed by atoms with Crippen LogP contribution < -0.4 is 5.32 Å². The molecule has 0 unspecified atom stereocenters. The first-order chi connectivity index (χ1) is 11.6. The Labute approximate surface area is 141 Å². The van der Waals surface area contributed by atoms with E-state index in [9.17, 15) is 9.18 Å². The summed E-state index contributed by atoms with van der Waals surface area (Å²) >= 11 is 0. The number of carbonyl (C=O) groups excluding carboxylic acids is 1. The van der Waals surface area contributed by atoms with Crippen LogP contribution in [0.15, 0.2) is 40.8 Å².